The molecule has 0 aliphatic rings. The van der Waals surface area contributed by atoms with Gasteiger partial charge in [0.25, 0.3) is 0 Å². The molecule has 0 aliphatic heterocycles. The minimum absolute atomic E-state index is 0.748. The SMILES string of the molecule is C[NH+](C)Cc1nnnn1-c1ccc(-n2nnnc2C[NH+](C)C)cc1. The van der Waals surface area contributed by atoms with Crippen molar-refractivity contribution in [3.63, 3.8) is 0 Å². The molecule has 3 rings (SSSR count). The lowest BCUT2D eigenvalue weighted by molar-refractivity contribution is -0.873. The first-order valence-electron chi connectivity index (χ1n) is 7.78. The number of nitrogens with zero attached hydrogens (tertiary/aromatic N) is 8. The van der Waals surface area contributed by atoms with Gasteiger partial charge in [-0.1, -0.05) is 0 Å². The number of aromatic nitrogens is 8. The molecule has 3 aromatic rings. The van der Waals surface area contributed by atoms with Crippen molar-refractivity contribution < 1.29 is 9.80 Å². The summed E-state index contributed by atoms with van der Waals surface area (Å²) >= 11 is 0. The molecule has 2 N–H and O–H groups in total. The number of rotatable bonds is 6. The quantitative estimate of drug-likeness (QED) is 0.498. The van der Waals surface area contributed by atoms with Crippen molar-refractivity contribution in [2.45, 2.75) is 13.1 Å². The fraction of sp³-hybridized carbons (Fsp3) is 0.429. The van der Waals surface area contributed by atoms with Gasteiger partial charge in [0.1, 0.15) is 13.1 Å². The number of hydrogen-bond acceptors (Lipinski definition) is 6. The molecule has 0 amide bonds. The van der Waals surface area contributed by atoms with Crippen molar-refractivity contribution in [3.05, 3.63) is 35.9 Å². The van der Waals surface area contributed by atoms with Gasteiger partial charge < -0.3 is 9.80 Å². The molecule has 1 aromatic carbocycles. The molecule has 0 spiro atoms. The monoisotopic (exact) mass is 330 g/mol. The Bertz CT molecular complexity index is 719. The van der Waals surface area contributed by atoms with E-state index in [0.717, 1.165) is 36.1 Å². The number of nitrogens with one attached hydrogen (secondary N) is 2. The normalized spacial score (nSPS) is 11.6. The van der Waals surface area contributed by atoms with E-state index in [1.807, 2.05) is 24.3 Å². The van der Waals surface area contributed by atoms with E-state index in [9.17, 15) is 0 Å². The third kappa shape index (κ3) is 3.44. The predicted molar refractivity (Wildman–Crippen MR) is 84.9 cm³/mol. The smallest absolute Gasteiger partial charge is 0.210 e. The van der Waals surface area contributed by atoms with Gasteiger partial charge in [-0.15, -0.1) is 10.2 Å². The van der Waals surface area contributed by atoms with Gasteiger partial charge >= 0.3 is 0 Å². The Hall–Kier alpha value is -2.72. The maximum absolute atomic E-state index is 4.09. The van der Waals surface area contributed by atoms with Crippen molar-refractivity contribution in [1.82, 2.24) is 40.4 Å². The highest BCUT2D eigenvalue weighted by Gasteiger charge is 2.13. The average molecular weight is 330 g/mol. The molecule has 10 heteroatoms. The van der Waals surface area contributed by atoms with Gasteiger partial charge in [-0.2, -0.15) is 9.36 Å². The van der Waals surface area contributed by atoms with Gasteiger partial charge in [-0.25, -0.2) is 0 Å². The van der Waals surface area contributed by atoms with E-state index < -0.39 is 0 Å². The lowest BCUT2D eigenvalue weighted by atomic mass is 10.2. The van der Waals surface area contributed by atoms with Crippen molar-refractivity contribution in [2.24, 2.45) is 0 Å². The molecule has 0 radical (unpaired) electrons. The molecule has 2 heterocycles. The van der Waals surface area contributed by atoms with Crippen LogP contribution in [0.2, 0.25) is 0 Å². The van der Waals surface area contributed by atoms with Crippen LogP contribution < -0.4 is 9.80 Å². The van der Waals surface area contributed by atoms with Crippen LogP contribution in [0.5, 0.6) is 0 Å². The van der Waals surface area contributed by atoms with Gasteiger partial charge in [-0.3, -0.25) is 0 Å². The first-order chi connectivity index (χ1) is 11.5. The van der Waals surface area contributed by atoms with E-state index in [1.54, 1.807) is 9.36 Å². The maximum atomic E-state index is 4.09. The summed E-state index contributed by atoms with van der Waals surface area (Å²) in [5.41, 5.74) is 1.82. The van der Waals surface area contributed by atoms with Crippen LogP contribution in [0.1, 0.15) is 11.6 Å². The summed E-state index contributed by atoms with van der Waals surface area (Å²) in [6, 6.07) is 7.87. The minimum Gasteiger partial charge on any atom is -0.333 e. The zero-order chi connectivity index (χ0) is 17.1. The summed E-state index contributed by atoms with van der Waals surface area (Å²) < 4.78 is 3.50. The van der Waals surface area contributed by atoms with E-state index in [0.29, 0.717) is 0 Å². The van der Waals surface area contributed by atoms with Crippen molar-refractivity contribution in [3.8, 4) is 11.4 Å². The zero-order valence-electron chi connectivity index (χ0n) is 14.3. The Balaban J connectivity index is 1.87. The van der Waals surface area contributed by atoms with Crippen LogP contribution in [0.4, 0.5) is 0 Å². The second kappa shape index (κ2) is 6.81. The third-order valence-electron chi connectivity index (χ3n) is 3.43. The maximum Gasteiger partial charge on any atom is 0.210 e. The second-order valence-electron chi connectivity index (χ2n) is 6.30. The third-order valence-corrected chi connectivity index (χ3v) is 3.43. The molecule has 24 heavy (non-hydrogen) atoms. The van der Waals surface area contributed by atoms with E-state index in [-0.39, 0.29) is 0 Å². The Kier molecular flexibility index (Phi) is 4.58. The van der Waals surface area contributed by atoms with Gasteiger partial charge in [0.05, 0.1) is 39.6 Å². The molecular formula is C14H22N10+2. The van der Waals surface area contributed by atoms with Gasteiger partial charge in [0.15, 0.2) is 0 Å². The van der Waals surface area contributed by atoms with Crippen LogP contribution in [0.25, 0.3) is 11.4 Å². The Morgan fingerprint density at radius 2 is 1.08 bits per heavy atom. The molecule has 0 saturated carbocycles. The summed E-state index contributed by atoms with van der Waals surface area (Å²) in [5, 5.41) is 23.9. The zero-order valence-corrected chi connectivity index (χ0v) is 14.3. The van der Waals surface area contributed by atoms with Crippen LogP contribution in [-0.4, -0.2) is 68.6 Å². The summed E-state index contributed by atoms with van der Waals surface area (Å²) in [6.07, 6.45) is 0. The first-order valence-corrected chi connectivity index (χ1v) is 7.78. The molecule has 0 saturated heterocycles. The largest absolute Gasteiger partial charge is 0.333 e. The number of tetrazole rings is 2. The lowest BCUT2D eigenvalue weighted by Crippen LogP contribution is -3.04. The summed E-state index contributed by atoms with van der Waals surface area (Å²) in [5.74, 6) is 1.64. The molecule has 0 aliphatic carbocycles. The topological polar surface area (TPSA) is 96.1 Å². The highest BCUT2D eigenvalue weighted by molar-refractivity contribution is 5.41. The Labute approximate surface area is 139 Å². The highest BCUT2D eigenvalue weighted by Crippen LogP contribution is 2.13. The number of hydrogen-bond donors (Lipinski definition) is 2. The van der Waals surface area contributed by atoms with E-state index in [4.69, 9.17) is 0 Å². The minimum atomic E-state index is 0.748. The molecule has 0 unspecified atom stereocenters. The number of quaternary nitrogens is 2. The van der Waals surface area contributed by atoms with E-state index in [1.165, 1.54) is 9.80 Å². The van der Waals surface area contributed by atoms with Crippen LogP contribution in [0.3, 0.4) is 0 Å². The van der Waals surface area contributed by atoms with Crippen LogP contribution >= 0.6 is 0 Å². The molecule has 0 atom stereocenters. The Morgan fingerprint density at radius 1 is 0.708 bits per heavy atom. The average Bonchev–Trinajstić information content (AvgIpc) is 3.16. The van der Waals surface area contributed by atoms with Crippen molar-refractivity contribution >= 4 is 0 Å². The molecule has 0 bridgehead atoms. The molecule has 126 valence electrons. The van der Waals surface area contributed by atoms with Crippen LogP contribution in [0.15, 0.2) is 24.3 Å². The fourth-order valence-corrected chi connectivity index (χ4v) is 2.40. The van der Waals surface area contributed by atoms with Crippen LogP contribution in [-0.2, 0) is 13.1 Å². The van der Waals surface area contributed by atoms with Gasteiger partial charge in [0.2, 0.25) is 11.6 Å². The second-order valence-corrected chi connectivity index (χ2v) is 6.30. The lowest BCUT2D eigenvalue weighted by Gasteiger charge is -2.09. The standard InChI is InChI=1S/C14H20N10/c1-21(2)9-13-15-17-19-23(13)11-5-7-12(8-6-11)24-14(10-22(3)4)16-18-20-24/h5-8H,9-10H2,1-4H3/p+2. The molecule has 2 aromatic heterocycles. The predicted octanol–water partition coefficient (Wildman–Crippen LogP) is -3.07. The highest BCUT2D eigenvalue weighted by atomic mass is 15.6. The molecule has 0 fully saturated rings. The summed E-state index contributed by atoms with van der Waals surface area (Å²) in [4.78, 5) is 2.51. The summed E-state index contributed by atoms with van der Waals surface area (Å²) in [7, 11) is 8.25. The molecular weight excluding hydrogens is 308 g/mol. The molecule has 10 nitrogen and oxygen atoms in total. The van der Waals surface area contributed by atoms with Gasteiger partial charge in [-0.05, 0) is 45.1 Å². The first kappa shape index (κ1) is 16.1. The van der Waals surface area contributed by atoms with E-state index in [2.05, 4.69) is 59.2 Å². The van der Waals surface area contributed by atoms with Gasteiger partial charge in [0, 0.05) is 0 Å². The van der Waals surface area contributed by atoms with Crippen LogP contribution in [0, 0.1) is 0 Å². The van der Waals surface area contributed by atoms with Crippen molar-refractivity contribution in [2.75, 3.05) is 28.2 Å². The number of benzene rings is 1. The van der Waals surface area contributed by atoms with Crippen molar-refractivity contribution in [1.29, 1.82) is 0 Å². The fourth-order valence-electron chi connectivity index (χ4n) is 2.40. The summed E-state index contributed by atoms with van der Waals surface area (Å²) in [6.45, 7) is 1.50. The Morgan fingerprint density at radius 3 is 1.42 bits per heavy atom. The van der Waals surface area contributed by atoms with E-state index >= 15 is 0 Å².